The number of hydrogen-bond acceptors (Lipinski definition) is 7. The number of sulfonamides is 1. The molecular weight excluding hydrogens is 577 g/mol. The van der Waals surface area contributed by atoms with Gasteiger partial charge in [-0.15, -0.1) is 0 Å². The lowest BCUT2D eigenvalue weighted by molar-refractivity contribution is -0.155. The topological polar surface area (TPSA) is 131 Å². The third-order valence-electron chi connectivity index (χ3n) is 5.52. The highest BCUT2D eigenvalue weighted by Gasteiger charge is 2.30. The molecule has 3 aromatic carbocycles. The van der Waals surface area contributed by atoms with Crippen molar-refractivity contribution in [3.8, 4) is 22.6 Å². The van der Waals surface area contributed by atoms with Crippen molar-refractivity contribution in [3.63, 3.8) is 0 Å². The number of anilines is 2. The highest BCUT2D eigenvalue weighted by atomic mass is 32.2. The van der Waals surface area contributed by atoms with Crippen LogP contribution in [0.3, 0.4) is 0 Å². The molecule has 0 aliphatic heterocycles. The maximum Gasteiger partial charge on any atom is 0.416 e. The third kappa shape index (κ3) is 9.68. The van der Waals surface area contributed by atoms with E-state index in [-0.39, 0.29) is 47.9 Å². The average molecular weight is 609 g/mol. The van der Waals surface area contributed by atoms with Crippen LogP contribution in [0, 0.1) is 0 Å². The van der Waals surface area contributed by atoms with Crippen molar-refractivity contribution in [2.45, 2.75) is 45.4 Å². The van der Waals surface area contributed by atoms with Crippen LogP contribution in [-0.4, -0.2) is 43.9 Å². The summed E-state index contributed by atoms with van der Waals surface area (Å²) in [5.74, 6) is -1.18. The number of nitrogens with one attached hydrogen (secondary N) is 2. The Bertz CT molecular complexity index is 1550. The fraction of sp³-hybridized carbons (Fsp3) is 0.310. The summed E-state index contributed by atoms with van der Waals surface area (Å²) in [5.41, 5.74) is -0.472. The predicted molar refractivity (Wildman–Crippen MR) is 152 cm³/mol. The summed E-state index contributed by atoms with van der Waals surface area (Å²) in [6, 6.07) is 12.6. The summed E-state index contributed by atoms with van der Waals surface area (Å²) in [6.07, 6.45) is -3.25. The van der Waals surface area contributed by atoms with Gasteiger partial charge in [-0.1, -0.05) is 12.1 Å². The quantitative estimate of drug-likeness (QED) is 0.108. The van der Waals surface area contributed by atoms with Crippen molar-refractivity contribution in [2.75, 3.05) is 22.9 Å². The Hall–Kier alpha value is -4.26. The van der Waals surface area contributed by atoms with Crippen molar-refractivity contribution >= 4 is 33.3 Å². The first-order valence-electron chi connectivity index (χ1n) is 12.7. The SMILES string of the molecule is CC(C)(C)OC(=O)CCCOc1cc(C(=O)Nc2ccc(O)c(NS(C)(=O)=O)c2)ccc1-c1ccc(C(F)(F)F)cc1. The molecule has 0 fully saturated rings. The van der Waals surface area contributed by atoms with E-state index in [1.807, 2.05) is 0 Å². The first-order chi connectivity index (χ1) is 19.4. The first-order valence-corrected chi connectivity index (χ1v) is 14.6. The van der Waals surface area contributed by atoms with Crippen LogP contribution in [0.4, 0.5) is 24.5 Å². The molecule has 1 amide bonds. The van der Waals surface area contributed by atoms with E-state index in [1.54, 1.807) is 20.8 Å². The number of carbonyl (C=O) groups is 2. The number of phenolic OH excluding ortho intramolecular Hbond substituents is 1. The Morgan fingerprint density at radius 2 is 1.62 bits per heavy atom. The Balaban J connectivity index is 1.85. The molecule has 0 heterocycles. The number of alkyl halides is 3. The van der Waals surface area contributed by atoms with E-state index in [1.165, 1.54) is 48.5 Å². The van der Waals surface area contributed by atoms with Crippen molar-refractivity contribution in [3.05, 3.63) is 71.8 Å². The second kappa shape index (κ2) is 12.7. The molecule has 0 bridgehead atoms. The summed E-state index contributed by atoms with van der Waals surface area (Å²) in [4.78, 5) is 25.1. The van der Waals surface area contributed by atoms with Crippen molar-refractivity contribution in [1.29, 1.82) is 0 Å². The van der Waals surface area contributed by atoms with Crippen LogP contribution in [0.2, 0.25) is 0 Å². The number of halogens is 3. The zero-order valence-electron chi connectivity index (χ0n) is 23.3. The van der Waals surface area contributed by atoms with Crippen LogP contribution >= 0.6 is 0 Å². The van der Waals surface area contributed by atoms with Crippen molar-refractivity contribution in [1.82, 2.24) is 0 Å². The zero-order valence-corrected chi connectivity index (χ0v) is 24.2. The zero-order chi connectivity index (χ0) is 31.3. The van der Waals surface area contributed by atoms with Crippen LogP contribution < -0.4 is 14.8 Å². The third-order valence-corrected chi connectivity index (χ3v) is 6.11. The summed E-state index contributed by atoms with van der Waals surface area (Å²) in [5, 5.41) is 12.5. The molecule has 3 N–H and O–H groups in total. The molecule has 0 spiro atoms. The van der Waals surface area contributed by atoms with Gasteiger partial charge in [0, 0.05) is 23.2 Å². The minimum atomic E-state index is -4.51. The maximum atomic E-state index is 13.1. The Kier molecular flexibility index (Phi) is 9.77. The number of rotatable bonds is 10. The van der Waals surface area contributed by atoms with E-state index in [0.29, 0.717) is 11.1 Å². The number of aromatic hydroxyl groups is 1. The second-order valence-corrected chi connectivity index (χ2v) is 12.1. The van der Waals surface area contributed by atoms with Crippen LogP contribution in [-0.2, 0) is 25.7 Å². The number of carbonyl (C=O) groups excluding carboxylic acids is 2. The fourth-order valence-electron chi connectivity index (χ4n) is 3.75. The average Bonchev–Trinajstić information content (AvgIpc) is 2.86. The Morgan fingerprint density at radius 1 is 0.952 bits per heavy atom. The van der Waals surface area contributed by atoms with E-state index < -0.39 is 39.2 Å². The fourth-order valence-corrected chi connectivity index (χ4v) is 4.31. The molecule has 0 saturated heterocycles. The summed E-state index contributed by atoms with van der Waals surface area (Å²) in [6.45, 7) is 5.29. The van der Waals surface area contributed by atoms with E-state index in [4.69, 9.17) is 9.47 Å². The van der Waals surface area contributed by atoms with Gasteiger partial charge in [0.05, 0.1) is 24.1 Å². The lowest BCUT2D eigenvalue weighted by Crippen LogP contribution is -2.24. The van der Waals surface area contributed by atoms with Gasteiger partial charge in [-0.05, 0) is 81.3 Å². The molecule has 0 unspecified atom stereocenters. The molecule has 3 aromatic rings. The van der Waals surface area contributed by atoms with E-state index in [9.17, 15) is 36.3 Å². The summed E-state index contributed by atoms with van der Waals surface area (Å²) >= 11 is 0. The van der Waals surface area contributed by atoms with Gasteiger partial charge in [0.1, 0.15) is 17.1 Å². The molecule has 42 heavy (non-hydrogen) atoms. The number of esters is 1. The van der Waals surface area contributed by atoms with Crippen molar-refractivity contribution in [2.24, 2.45) is 0 Å². The maximum absolute atomic E-state index is 13.1. The number of phenols is 1. The second-order valence-electron chi connectivity index (χ2n) is 10.4. The molecule has 13 heteroatoms. The van der Waals surface area contributed by atoms with Gasteiger partial charge in [-0.25, -0.2) is 8.42 Å². The molecule has 0 aromatic heterocycles. The standard InChI is InChI=1S/C29H31F3N2O7S/c1-28(2,3)41-26(36)6-5-15-40-25-16-19(9-13-22(25)18-7-10-20(11-8-18)29(30,31)32)27(37)33-21-12-14-24(35)23(17-21)34-42(4,38)39/h7-14,16-17,34-35H,5-6,15H2,1-4H3,(H,33,37). The van der Waals surface area contributed by atoms with Crippen LogP contribution in [0.15, 0.2) is 60.7 Å². The van der Waals surface area contributed by atoms with Gasteiger partial charge >= 0.3 is 12.1 Å². The minimum absolute atomic E-state index is 0.0520. The van der Waals surface area contributed by atoms with Crippen molar-refractivity contribution < 1.29 is 45.8 Å². The summed E-state index contributed by atoms with van der Waals surface area (Å²) < 4.78 is 75.6. The predicted octanol–water partition coefficient (Wildman–Crippen LogP) is 6.20. The smallest absolute Gasteiger partial charge is 0.416 e. The summed E-state index contributed by atoms with van der Waals surface area (Å²) in [7, 11) is -3.70. The molecular formula is C29H31F3N2O7S. The molecule has 0 aliphatic carbocycles. The van der Waals surface area contributed by atoms with Gasteiger partial charge in [0.25, 0.3) is 5.91 Å². The molecule has 0 aliphatic rings. The highest BCUT2D eigenvalue weighted by Crippen LogP contribution is 2.35. The molecule has 0 atom stereocenters. The van der Waals surface area contributed by atoms with Gasteiger partial charge in [0.15, 0.2) is 0 Å². The van der Waals surface area contributed by atoms with Crippen LogP contribution in [0.5, 0.6) is 11.5 Å². The van der Waals surface area contributed by atoms with E-state index >= 15 is 0 Å². The molecule has 226 valence electrons. The highest BCUT2D eigenvalue weighted by molar-refractivity contribution is 7.92. The normalized spacial score (nSPS) is 12.0. The van der Waals surface area contributed by atoms with Gasteiger partial charge in [0.2, 0.25) is 10.0 Å². The monoisotopic (exact) mass is 608 g/mol. The number of benzene rings is 3. The lowest BCUT2D eigenvalue weighted by atomic mass is 10.0. The minimum Gasteiger partial charge on any atom is -0.506 e. The number of hydrogen-bond donors (Lipinski definition) is 3. The number of ether oxygens (including phenoxy) is 2. The number of amides is 1. The molecule has 3 rings (SSSR count). The molecule has 0 saturated carbocycles. The van der Waals surface area contributed by atoms with Crippen LogP contribution in [0.1, 0.15) is 49.5 Å². The van der Waals surface area contributed by atoms with Gasteiger partial charge in [-0.3, -0.25) is 14.3 Å². The van der Waals surface area contributed by atoms with Crippen LogP contribution in [0.25, 0.3) is 11.1 Å². The largest absolute Gasteiger partial charge is 0.506 e. The van der Waals surface area contributed by atoms with E-state index in [0.717, 1.165) is 18.4 Å². The Morgan fingerprint density at radius 3 is 2.21 bits per heavy atom. The lowest BCUT2D eigenvalue weighted by Gasteiger charge is -2.19. The van der Waals surface area contributed by atoms with E-state index in [2.05, 4.69) is 10.0 Å². The first kappa shape index (κ1) is 32.3. The Labute approximate surface area is 241 Å². The molecule has 9 nitrogen and oxygen atoms in total. The van der Waals surface area contributed by atoms with Gasteiger partial charge in [-0.2, -0.15) is 13.2 Å². The van der Waals surface area contributed by atoms with Gasteiger partial charge < -0.3 is 19.9 Å². The molecule has 0 radical (unpaired) electrons.